The third kappa shape index (κ3) is 6.31. The van der Waals surface area contributed by atoms with Crippen LogP contribution in [0.4, 0.5) is 11.4 Å². The predicted molar refractivity (Wildman–Crippen MR) is 126 cm³/mol. The molecule has 0 N–H and O–H groups in total. The molecule has 6 heteroatoms. The highest BCUT2D eigenvalue weighted by Crippen LogP contribution is 2.33. The van der Waals surface area contributed by atoms with Crippen molar-refractivity contribution in [2.24, 2.45) is 10.1 Å². The lowest BCUT2D eigenvalue weighted by Gasteiger charge is -2.22. The summed E-state index contributed by atoms with van der Waals surface area (Å²) in [6, 6.07) is 6.06. The summed E-state index contributed by atoms with van der Waals surface area (Å²) in [4.78, 5) is 19.7. The van der Waals surface area contributed by atoms with Gasteiger partial charge in [-0.25, -0.2) is 10.0 Å². The van der Waals surface area contributed by atoms with Crippen molar-refractivity contribution in [3.05, 3.63) is 18.2 Å². The first-order chi connectivity index (χ1) is 14.5. The van der Waals surface area contributed by atoms with Gasteiger partial charge in [0.1, 0.15) is 11.4 Å². The SMILES string of the molecule is CCCCCCOc1cc(N(CC)CC)ccc1N=C1C(=O)N(CCCC)N=C1C. The average Bonchev–Trinajstić information content (AvgIpc) is 3.01. The first kappa shape index (κ1) is 23.9. The molecule has 30 heavy (non-hydrogen) atoms. The van der Waals surface area contributed by atoms with Crippen molar-refractivity contribution >= 4 is 28.7 Å². The predicted octanol–water partition coefficient (Wildman–Crippen LogP) is 5.58. The number of aliphatic imine (C=N–C) groups is 1. The topological polar surface area (TPSA) is 57.5 Å². The highest BCUT2D eigenvalue weighted by molar-refractivity contribution is 6.68. The highest BCUT2D eigenvalue weighted by Gasteiger charge is 2.29. The quantitative estimate of drug-likeness (QED) is 0.396. The lowest BCUT2D eigenvalue weighted by Crippen LogP contribution is -2.28. The Bertz CT molecular complexity index is 754. The fourth-order valence-corrected chi connectivity index (χ4v) is 3.47. The zero-order valence-electron chi connectivity index (χ0n) is 19.4. The van der Waals surface area contributed by atoms with E-state index in [1.807, 2.05) is 19.1 Å². The Kier molecular flexibility index (Phi) is 9.84. The van der Waals surface area contributed by atoms with Crippen molar-refractivity contribution in [2.75, 3.05) is 31.1 Å². The summed E-state index contributed by atoms with van der Waals surface area (Å²) in [6.07, 6.45) is 6.55. The highest BCUT2D eigenvalue weighted by atomic mass is 16.5. The molecular formula is C24H38N4O2. The first-order valence-electron chi connectivity index (χ1n) is 11.5. The van der Waals surface area contributed by atoms with E-state index in [1.54, 1.807) is 0 Å². The van der Waals surface area contributed by atoms with Gasteiger partial charge in [0.25, 0.3) is 5.91 Å². The van der Waals surface area contributed by atoms with Crippen molar-refractivity contribution in [3.8, 4) is 5.75 Å². The summed E-state index contributed by atoms with van der Waals surface area (Å²) in [7, 11) is 0. The van der Waals surface area contributed by atoms with Crippen molar-refractivity contribution in [1.82, 2.24) is 5.01 Å². The van der Waals surface area contributed by atoms with E-state index in [1.165, 1.54) is 17.9 Å². The number of hydrogen-bond donors (Lipinski definition) is 0. The van der Waals surface area contributed by atoms with Gasteiger partial charge in [-0.15, -0.1) is 0 Å². The third-order valence-electron chi connectivity index (χ3n) is 5.33. The lowest BCUT2D eigenvalue weighted by atomic mass is 10.2. The number of anilines is 1. The second-order valence-corrected chi connectivity index (χ2v) is 7.66. The molecular weight excluding hydrogens is 376 g/mol. The van der Waals surface area contributed by atoms with Crippen LogP contribution in [-0.4, -0.2) is 48.6 Å². The summed E-state index contributed by atoms with van der Waals surface area (Å²) in [5, 5.41) is 5.94. The Balaban J connectivity index is 2.27. The maximum absolute atomic E-state index is 12.8. The van der Waals surface area contributed by atoms with Crippen LogP contribution in [0.15, 0.2) is 28.3 Å². The largest absolute Gasteiger partial charge is 0.491 e. The molecule has 0 bridgehead atoms. The van der Waals surface area contributed by atoms with Gasteiger partial charge in [-0.2, -0.15) is 5.10 Å². The van der Waals surface area contributed by atoms with E-state index in [0.29, 0.717) is 30.3 Å². The average molecular weight is 415 g/mol. The number of carbonyl (C=O) groups excluding carboxylic acids is 1. The molecule has 6 nitrogen and oxygen atoms in total. The maximum atomic E-state index is 12.8. The van der Waals surface area contributed by atoms with E-state index in [2.05, 4.69) is 43.8 Å². The molecule has 1 aromatic carbocycles. The van der Waals surface area contributed by atoms with Gasteiger partial charge >= 0.3 is 0 Å². The molecule has 1 aliphatic heterocycles. The monoisotopic (exact) mass is 414 g/mol. The van der Waals surface area contributed by atoms with Crippen LogP contribution in [-0.2, 0) is 4.79 Å². The molecule has 2 rings (SSSR count). The minimum absolute atomic E-state index is 0.123. The molecule has 0 spiro atoms. The summed E-state index contributed by atoms with van der Waals surface area (Å²) in [6.45, 7) is 13.6. The summed E-state index contributed by atoms with van der Waals surface area (Å²) >= 11 is 0. The van der Waals surface area contributed by atoms with Crippen LogP contribution in [0.5, 0.6) is 5.75 Å². The Labute approximate surface area is 182 Å². The molecule has 0 aliphatic carbocycles. The smallest absolute Gasteiger partial charge is 0.294 e. The number of unbranched alkanes of at least 4 members (excludes halogenated alkanes) is 4. The van der Waals surface area contributed by atoms with Gasteiger partial charge in [0.15, 0.2) is 5.71 Å². The fourth-order valence-electron chi connectivity index (χ4n) is 3.47. The molecule has 1 amide bonds. The van der Waals surface area contributed by atoms with Crippen LogP contribution >= 0.6 is 0 Å². The van der Waals surface area contributed by atoms with E-state index in [4.69, 9.17) is 9.73 Å². The zero-order valence-corrected chi connectivity index (χ0v) is 19.4. The minimum atomic E-state index is -0.123. The van der Waals surface area contributed by atoms with Crippen molar-refractivity contribution in [2.45, 2.75) is 73.1 Å². The fraction of sp³-hybridized carbons (Fsp3) is 0.625. The van der Waals surface area contributed by atoms with E-state index < -0.39 is 0 Å². The number of rotatable bonds is 13. The van der Waals surface area contributed by atoms with Gasteiger partial charge in [0.2, 0.25) is 0 Å². The molecule has 1 aromatic rings. The van der Waals surface area contributed by atoms with Crippen LogP contribution in [0, 0.1) is 0 Å². The standard InChI is InChI=1S/C24H38N4O2/c1-6-10-12-13-17-30-22-18-20(27(8-3)9-4)14-15-21(22)25-23-19(5)26-28(24(23)29)16-11-7-2/h14-15,18H,6-13,16-17H2,1-5H3. The Morgan fingerprint density at radius 3 is 2.43 bits per heavy atom. The van der Waals surface area contributed by atoms with Gasteiger partial charge in [0, 0.05) is 31.4 Å². The number of nitrogens with zero attached hydrogens (tertiary/aromatic N) is 4. The molecule has 0 saturated carbocycles. The van der Waals surface area contributed by atoms with Crippen molar-refractivity contribution in [3.63, 3.8) is 0 Å². The van der Waals surface area contributed by atoms with Crippen LogP contribution in [0.1, 0.15) is 73.1 Å². The van der Waals surface area contributed by atoms with Crippen LogP contribution < -0.4 is 9.64 Å². The number of carbonyl (C=O) groups is 1. The minimum Gasteiger partial charge on any atom is -0.491 e. The summed E-state index contributed by atoms with van der Waals surface area (Å²) < 4.78 is 6.14. The third-order valence-corrected chi connectivity index (χ3v) is 5.33. The number of amides is 1. The van der Waals surface area contributed by atoms with E-state index >= 15 is 0 Å². The van der Waals surface area contributed by atoms with Crippen LogP contribution in [0.25, 0.3) is 0 Å². The lowest BCUT2D eigenvalue weighted by molar-refractivity contribution is -0.123. The van der Waals surface area contributed by atoms with Crippen LogP contribution in [0.3, 0.4) is 0 Å². The molecule has 0 radical (unpaired) electrons. The number of hydrogen-bond acceptors (Lipinski definition) is 5. The number of benzene rings is 1. The molecule has 0 saturated heterocycles. The summed E-state index contributed by atoms with van der Waals surface area (Å²) in [5.41, 5.74) is 2.88. The Morgan fingerprint density at radius 1 is 1.03 bits per heavy atom. The normalized spacial score (nSPS) is 15.1. The molecule has 1 heterocycles. The van der Waals surface area contributed by atoms with E-state index in [0.717, 1.165) is 50.2 Å². The van der Waals surface area contributed by atoms with E-state index in [-0.39, 0.29) is 5.91 Å². The zero-order chi connectivity index (χ0) is 21.9. The Hall–Kier alpha value is -2.37. The van der Waals surface area contributed by atoms with E-state index in [9.17, 15) is 4.79 Å². The van der Waals surface area contributed by atoms with Crippen LogP contribution in [0.2, 0.25) is 0 Å². The first-order valence-corrected chi connectivity index (χ1v) is 11.5. The molecule has 1 aliphatic rings. The van der Waals surface area contributed by atoms with Crippen molar-refractivity contribution in [1.29, 1.82) is 0 Å². The van der Waals surface area contributed by atoms with Gasteiger partial charge in [0.05, 0.1) is 12.3 Å². The second kappa shape index (κ2) is 12.4. The molecule has 166 valence electrons. The number of ether oxygens (including phenoxy) is 1. The number of hydrazone groups is 1. The second-order valence-electron chi connectivity index (χ2n) is 7.66. The van der Waals surface area contributed by atoms with Gasteiger partial charge in [-0.05, 0) is 45.7 Å². The summed E-state index contributed by atoms with van der Waals surface area (Å²) in [5.74, 6) is 0.610. The maximum Gasteiger partial charge on any atom is 0.294 e. The van der Waals surface area contributed by atoms with Gasteiger partial charge in [-0.1, -0.05) is 39.5 Å². The molecule has 0 atom stereocenters. The molecule has 0 fully saturated rings. The Morgan fingerprint density at radius 2 is 1.77 bits per heavy atom. The molecule has 0 unspecified atom stereocenters. The van der Waals surface area contributed by atoms with Gasteiger partial charge < -0.3 is 9.64 Å². The van der Waals surface area contributed by atoms with Crippen molar-refractivity contribution < 1.29 is 9.53 Å². The van der Waals surface area contributed by atoms with Gasteiger partial charge in [-0.3, -0.25) is 4.79 Å². The molecule has 0 aromatic heterocycles.